The molecule has 0 saturated carbocycles. The predicted octanol–water partition coefficient (Wildman–Crippen LogP) is 3.05. The third kappa shape index (κ3) is 7.91. The summed E-state index contributed by atoms with van der Waals surface area (Å²) >= 11 is 0. The molecule has 0 aromatic rings. The number of ether oxygens (including phenoxy) is 1. The molecule has 1 aliphatic rings. The molecule has 3 nitrogen and oxygen atoms in total. The molecule has 19 heavy (non-hydrogen) atoms. The van der Waals surface area contributed by atoms with Crippen molar-refractivity contribution in [3.05, 3.63) is 0 Å². The van der Waals surface area contributed by atoms with Gasteiger partial charge in [0.15, 0.2) is 0 Å². The van der Waals surface area contributed by atoms with Crippen molar-refractivity contribution < 1.29 is 4.74 Å². The van der Waals surface area contributed by atoms with Crippen molar-refractivity contribution in [1.29, 1.82) is 0 Å². The average molecular weight is 270 g/mol. The minimum absolute atomic E-state index is 0.495. The van der Waals surface area contributed by atoms with Gasteiger partial charge in [-0.2, -0.15) is 0 Å². The van der Waals surface area contributed by atoms with Gasteiger partial charge in [-0.15, -0.1) is 0 Å². The molecule has 0 amide bonds. The zero-order chi connectivity index (χ0) is 13.9. The molecule has 1 aliphatic heterocycles. The zero-order valence-corrected chi connectivity index (χ0v) is 13.3. The van der Waals surface area contributed by atoms with Gasteiger partial charge in [-0.1, -0.05) is 20.3 Å². The van der Waals surface area contributed by atoms with E-state index in [0.717, 1.165) is 26.1 Å². The van der Waals surface area contributed by atoms with E-state index in [9.17, 15) is 0 Å². The van der Waals surface area contributed by atoms with Gasteiger partial charge in [0, 0.05) is 19.2 Å². The van der Waals surface area contributed by atoms with Gasteiger partial charge in [-0.25, -0.2) is 0 Å². The second-order valence-corrected chi connectivity index (χ2v) is 5.89. The topological polar surface area (TPSA) is 24.5 Å². The molecule has 0 aliphatic carbocycles. The fraction of sp³-hybridized carbons (Fsp3) is 1.00. The highest BCUT2D eigenvalue weighted by Gasteiger charge is 2.19. The zero-order valence-electron chi connectivity index (χ0n) is 13.3. The Balaban J connectivity index is 2.05. The van der Waals surface area contributed by atoms with Crippen LogP contribution in [0.1, 0.15) is 59.3 Å². The number of hydrogen-bond acceptors (Lipinski definition) is 3. The van der Waals surface area contributed by atoms with Crippen molar-refractivity contribution in [2.75, 3.05) is 32.8 Å². The van der Waals surface area contributed by atoms with E-state index in [0.29, 0.717) is 12.1 Å². The molecule has 0 aromatic heterocycles. The minimum atomic E-state index is 0.495. The minimum Gasteiger partial charge on any atom is -0.377 e. The van der Waals surface area contributed by atoms with Gasteiger partial charge >= 0.3 is 0 Å². The molecule has 114 valence electrons. The van der Waals surface area contributed by atoms with E-state index in [2.05, 4.69) is 31.0 Å². The van der Waals surface area contributed by atoms with E-state index < -0.39 is 0 Å². The molecule has 1 rings (SSSR count). The van der Waals surface area contributed by atoms with Crippen molar-refractivity contribution in [2.24, 2.45) is 0 Å². The number of hydrogen-bond donors (Lipinski definition) is 1. The first kappa shape index (κ1) is 16.9. The highest BCUT2D eigenvalue weighted by molar-refractivity contribution is 4.73. The summed E-state index contributed by atoms with van der Waals surface area (Å²) in [5, 5.41) is 3.48. The molecule has 0 bridgehead atoms. The monoisotopic (exact) mass is 270 g/mol. The number of likely N-dealkylation sites (tertiary alicyclic amines) is 1. The van der Waals surface area contributed by atoms with Gasteiger partial charge in [0.1, 0.15) is 0 Å². The third-order valence-corrected chi connectivity index (χ3v) is 3.93. The van der Waals surface area contributed by atoms with Gasteiger partial charge in [0.25, 0.3) is 0 Å². The van der Waals surface area contributed by atoms with Crippen LogP contribution in [0.2, 0.25) is 0 Å². The fourth-order valence-corrected chi connectivity index (χ4v) is 2.87. The Labute approximate surface area is 120 Å². The van der Waals surface area contributed by atoms with Crippen LogP contribution in [0.4, 0.5) is 0 Å². The molecule has 0 spiro atoms. The summed E-state index contributed by atoms with van der Waals surface area (Å²) in [5.41, 5.74) is 0. The van der Waals surface area contributed by atoms with Gasteiger partial charge in [0.2, 0.25) is 0 Å². The normalized spacial score (nSPS) is 22.6. The summed E-state index contributed by atoms with van der Waals surface area (Å²) in [6.45, 7) is 12.4. The van der Waals surface area contributed by atoms with E-state index in [-0.39, 0.29) is 0 Å². The lowest BCUT2D eigenvalue weighted by Crippen LogP contribution is -2.40. The first-order valence-electron chi connectivity index (χ1n) is 8.33. The molecule has 2 unspecified atom stereocenters. The van der Waals surface area contributed by atoms with E-state index in [1.807, 2.05) is 0 Å². The largest absolute Gasteiger partial charge is 0.377 e. The van der Waals surface area contributed by atoms with Crippen LogP contribution in [0.15, 0.2) is 0 Å². The number of piperidine rings is 1. The molecule has 1 saturated heterocycles. The Morgan fingerprint density at radius 3 is 2.89 bits per heavy atom. The lowest BCUT2D eigenvalue weighted by Gasteiger charge is -2.32. The maximum atomic E-state index is 5.89. The number of unbranched alkanes of at least 4 members (excludes halogenated alkanes) is 1. The fourth-order valence-electron chi connectivity index (χ4n) is 2.87. The summed E-state index contributed by atoms with van der Waals surface area (Å²) in [7, 11) is 0. The van der Waals surface area contributed by atoms with Crippen molar-refractivity contribution in [3.8, 4) is 0 Å². The first-order valence-corrected chi connectivity index (χ1v) is 8.33. The molecule has 2 atom stereocenters. The standard InChI is InChI=1S/C16H34N2O/c1-4-13-19-16-10-8-12-18(14-16)11-7-6-9-15(3)17-5-2/h15-17H,4-14H2,1-3H3. The van der Waals surface area contributed by atoms with Crippen molar-refractivity contribution >= 4 is 0 Å². The maximum absolute atomic E-state index is 5.89. The summed E-state index contributed by atoms with van der Waals surface area (Å²) < 4.78 is 5.89. The maximum Gasteiger partial charge on any atom is 0.0702 e. The lowest BCUT2D eigenvalue weighted by molar-refractivity contribution is -0.000387. The van der Waals surface area contributed by atoms with Crippen LogP contribution in [-0.4, -0.2) is 49.8 Å². The summed E-state index contributed by atoms with van der Waals surface area (Å²) in [6.07, 6.45) is 8.17. The first-order chi connectivity index (χ1) is 9.26. The Hall–Kier alpha value is -0.120. The molecular weight excluding hydrogens is 236 g/mol. The highest BCUT2D eigenvalue weighted by atomic mass is 16.5. The molecule has 3 heteroatoms. The van der Waals surface area contributed by atoms with Crippen LogP contribution in [0.25, 0.3) is 0 Å². The second kappa shape index (κ2) is 10.6. The molecule has 1 heterocycles. The van der Waals surface area contributed by atoms with Crippen LogP contribution in [-0.2, 0) is 4.74 Å². The van der Waals surface area contributed by atoms with Crippen molar-refractivity contribution in [1.82, 2.24) is 10.2 Å². The summed E-state index contributed by atoms with van der Waals surface area (Å²) in [6, 6.07) is 0.673. The SMILES string of the molecule is CCCOC1CCCN(CCCCC(C)NCC)C1. The molecular formula is C16H34N2O. The lowest BCUT2D eigenvalue weighted by atomic mass is 10.1. The van der Waals surface area contributed by atoms with E-state index in [1.165, 1.54) is 45.2 Å². The van der Waals surface area contributed by atoms with Crippen LogP contribution >= 0.6 is 0 Å². The van der Waals surface area contributed by atoms with Crippen LogP contribution in [0.3, 0.4) is 0 Å². The molecule has 0 aromatic carbocycles. The number of nitrogens with zero attached hydrogens (tertiary/aromatic N) is 1. The van der Waals surface area contributed by atoms with E-state index >= 15 is 0 Å². The van der Waals surface area contributed by atoms with Crippen LogP contribution in [0.5, 0.6) is 0 Å². The van der Waals surface area contributed by atoms with Crippen LogP contribution < -0.4 is 5.32 Å². The van der Waals surface area contributed by atoms with Gasteiger partial charge in [0.05, 0.1) is 6.10 Å². The van der Waals surface area contributed by atoms with Gasteiger partial charge in [-0.05, 0) is 58.7 Å². The summed E-state index contributed by atoms with van der Waals surface area (Å²) in [4.78, 5) is 2.60. The summed E-state index contributed by atoms with van der Waals surface area (Å²) in [5.74, 6) is 0. The van der Waals surface area contributed by atoms with E-state index in [1.54, 1.807) is 0 Å². The number of nitrogens with one attached hydrogen (secondary N) is 1. The Morgan fingerprint density at radius 2 is 2.16 bits per heavy atom. The highest BCUT2D eigenvalue weighted by Crippen LogP contribution is 2.14. The Morgan fingerprint density at radius 1 is 1.32 bits per heavy atom. The Kier molecular flexibility index (Phi) is 9.48. The molecule has 1 N–H and O–H groups in total. The third-order valence-electron chi connectivity index (χ3n) is 3.93. The quantitative estimate of drug-likeness (QED) is 0.618. The Bertz CT molecular complexity index is 211. The smallest absolute Gasteiger partial charge is 0.0702 e. The van der Waals surface area contributed by atoms with Gasteiger partial charge in [-0.3, -0.25) is 0 Å². The van der Waals surface area contributed by atoms with E-state index in [4.69, 9.17) is 4.74 Å². The average Bonchev–Trinajstić information content (AvgIpc) is 2.42. The van der Waals surface area contributed by atoms with Crippen molar-refractivity contribution in [2.45, 2.75) is 71.4 Å². The predicted molar refractivity (Wildman–Crippen MR) is 82.7 cm³/mol. The van der Waals surface area contributed by atoms with Crippen molar-refractivity contribution in [3.63, 3.8) is 0 Å². The second-order valence-electron chi connectivity index (χ2n) is 5.89. The van der Waals surface area contributed by atoms with Gasteiger partial charge < -0.3 is 15.0 Å². The molecule has 0 radical (unpaired) electrons. The number of rotatable bonds is 10. The van der Waals surface area contributed by atoms with Crippen LogP contribution in [0, 0.1) is 0 Å². The molecule has 1 fully saturated rings.